The van der Waals surface area contributed by atoms with E-state index < -0.39 is 28.5 Å². The number of nitrogens with zero attached hydrogens (tertiary/aromatic N) is 2. The van der Waals surface area contributed by atoms with E-state index in [2.05, 4.69) is 21.2 Å². The first kappa shape index (κ1) is 29.4. The molecule has 0 aromatic heterocycles. The summed E-state index contributed by atoms with van der Waals surface area (Å²) in [6, 6.07) is 21.5. The molecule has 3 aromatic carbocycles. The lowest BCUT2D eigenvalue weighted by atomic mass is 10.1. The van der Waals surface area contributed by atoms with Crippen molar-refractivity contribution in [1.29, 1.82) is 0 Å². The molecular weight excluding hydrogens is 566 g/mol. The maximum Gasteiger partial charge on any atom is 0.264 e. The molecule has 202 valence electrons. The van der Waals surface area contributed by atoms with Crippen LogP contribution in [-0.4, -0.2) is 43.8 Å². The molecule has 38 heavy (non-hydrogen) atoms. The zero-order chi connectivity index (χ0) is 27.9. The number of rotatable bonds is 11. The number of hydrogen-bond donors (Lipinski definition) is 1. The average Bonchev–Trinajstić information content (AvgIpc) is 2.88. The number of aryl methyl sites for hydroxylation is 1. The summed E-state index contributed by atoms with van der Waals surface area (Å²) in [5, 5.41) is 2.91. The number of hydrogen-bond acceptors (Lipinski definition) is 4. The van der Waals surface area contributed by atoms with Gasteiger partial charge in [0.15, 0.2) is 0 Å². The van der Waals surface area contributed by atoms with Gasteiger partial charge in [-0.05, 0) is 74.7 Å². The number of benzene rings is 3. The van der Waals surface area contributed by atoms with Crippen molar-refractivity contribution in [2.75, 3.05) is 10.8 Å². The van der Waals surface area contributed by atoms with Gasteiger partial charge in [-0.1, -0.05) is 65.3 Å². The molecule has 0 bridgehead atoms. The van der Waals surface area contributed by atoms with Crippen LogP contribution in [0.4, 0.5) is 5.69 Å². The van der Waals surface area contributed by atoms with Gasteiger partial charge in [0.2, 0.25) is 11.8 Å². The van der Waals surface area contributed by atoms with E-state index in [0.717, 1.165) is 19.9 Å². The highest BCUT2D eigenvalue weighted by molar-refractivity contribution is 9.10. The highest BCUT2D eigenvalue weighted by Crippen LogP contribution is 2.26. The second kappa shape index (κ2) is 13.1. The first-order valence-electron chi connectivity index (χ1n) is 12.5. The normalized spacial score (nSPS) is 12.2. The van der Waals surface area contributed by atoms with E-state index in [1.807, 2.05) is 52.0 Å². The molecule has 0 saturated carbocycles. The Balaban J connectivity index is 2.06. The number of nitrogens with one attached hydrogen (secondary N) is 1. The maximum atomic E-state index is 14.0. The lowest BCUT2D eigenvalue weighted by Crippen LogP contribution is -2.53. The van der Waals surface area contributed by atoms with Crippen LogP contribution in [0, 0.1) is 6.92 Å². The van der Waals surface area contributed by atoms with Gasteiger partial charge in [-0.25, -0.2) is 8.42 Å². The largest absolute Gasteiger partial charge is 0.352 e. The molecule has 0 heterocycles. The molecule has 9 heteroatoms. The van der Waals surface area contributed by atoms with Gasteiger partial charge in [-0.3, -0.25) is 13.9 Å². The molecule has 7 nitrogen and oxygen atoms in total. The maximum absolute atomic E-state index is 14.0. The average molecular weight is 601 g/mol. The number of amides is 2. The number of carbonyl (C=O) groups is 2. The fraction of sp³-hybridized carbons (Fsp3) is 0.310. The van der Waals surface area contributed by atoms with Crippen molar-refractivity contribution in [3.8, 4) is 0 Å². The minimum absolute atomic E-state index is 0.0748. The monoisotopic (exact) mass is 599 g/mol. The van der Waals surface area contributed by atoms with Crippen LogP contribution < -0.4 is 9.62 Å². The predicted octanol–water partition coefficient (Wildman–Crippen LogP) is 5.28. The minimum Gasteiger partial charge on any atom is -0.352 e. The minimum atomic E-state index is -4.08. The smallest absolute Gasteiger partial charge is 0.264 e. The fourth-order valence-electron chi connectivity index (χ4n) is 4.13. The third-order valence-corrected chi connectivity index (χ3v) is 8.46. The quantitative estimate of drug-likeness (QED) is 0.324. The van der Waals surface area contributed by atoms with Crippen LogP contribution in [0.2, 0.25) is 0 Å². The summed E-state index contributed by atoms with van der Waals surface area (Å²) in [6.45, 7) is 7.22. The van der Waals surface area contributed by atoms with Crippen molar-refractivity contribution in [1.82, 2.24) is 10.2 Å². The van der Waals surface area contributed by atoms with Crippen molar-refractivity contribution in [3.05, 3.63) is 94.5 Å². The zero-order valence-corrected chi connectivity index (χ0v) is 24.5. The van der Waals surface area contributed by atoms with Crippen molar-refractivity contribution in [2.24, 2.45) is 0 Å². The first-order valence-corrected chi connectivity index (χ1v) is 14.8. The lowest BCUT2D eigenvalue weighted by Gasteiger charge is -2.34. The van der Waals surface area contributed by atoms with Gasteiger partial charge in [0.25, 0.3) is 10.0 Å². The molecule has 1 N–H and O–H groups in total. The number of halogens is 1. The summed E-state index contributed by atoms with van der Waals surface area (Å²) < 4.78 is 29.4. The van der Waals surface area contributed by atoms with Crippen molar-refractivity contribution < 1.29 is 18.0 Å². The Morgan fingerprint density at radius 2 is 1.53 bits per heavy atom. The molecule has 0 radical (unpaired) electrons. The molecule has 0 fully saturated rings. The summed E-state index contributed by atoms with van der Waals surface area (Å²) >= 11 is 3.38. The van der Waals surface area contributed by atoms with Crippen LogP contribution in [0.3, 0.4) is 0 Å². The molecule has 3 aromatic rings. The third-order valence-electron chi connectivity index (χ3n) is 6.14. The Bertz CT molecular complexity index is 1350. The van der Waals surface area contributed by atoms with Gasteiger partial charge in [0.1, 0.15) is 12.6 Å². The first-order chi connectivity index (χ1) is 18.0. The molecule has 3 rings (SSSR count). The molecule has 0 aliphatic heterocycles. The van der Waals surface area contributed by atoms with Gasteiger partial charge in [-0.2, -0.15) is 0 Å². The molecule has 0 spiro atoms. The van der Waals surface area contributed by atoms with Crippen molar-refractivity contribution in [3.63, 3.8) is 0 Å². The molecule has 0 saturated heterocycles. The second-order valence-electron chi connectivity index (χ2n) is 9.34. The van der Waals surface area contributed by atoms with E-state index in [4.69, 9.17) is 0 Å². The van der Waals surface area contributed by atoms with Crippen LogP contribution in [0.1, 0.15) is 38.3 Å². The Morgan fingerprint density at radius 1 is 0.921 bits per heavy atom. The third kappa shape index (κ3) is 7.23. The van der Waals surface area contributed by atoms with Gasteiger partial charge in [0, 0.05) is 17.1 Å². The van der Waals surface area contributed by atoms with Crippen LogP contribution in [0.5, 0.6) is 0 Å². The summed E-state index contributed by atoms with van der Waals surface area (Å²) in [6.07, 6.45) is 0.375. The highest BCUT2D eigenvalue weighted by Gasteiger charge is 2.34. The van der Waals surface area contributed by atoms with Gasteiger partial charge in [-0.15, -0.1) is 0 Å². The number of anilines is 1. The van der Waals surface area contributed by atoms with E-state index >= 15 is 0 Å². The molecule has 1 atom stereocenters. The van der Waals surface area contributed by atoms with E-state index in [9.17, 15) is 18.0 Å². The Labute approximate surface area is 234 Å². The van der Waals surface area contributed by atoms with E-state index in [1.165, 1.54) is 17.0 Å². The Kier molecular flexibility index (Phi) is 10.1. The van der Waals surface area contributed by atoms with Gasteiger partial charge >= 0.3 is 0 Å². The van der Waals surface area contributed by atoms with Crippen LogP contribution >= 0.6 is 15.9 Å². The summed E-state index contributed by atoms with van der Waals surface area (Å²) in [7, 11) is -4.08. The SMILES string of the molecule is CC[C@@H](C(=O)NC(C)C)N(Cc1ccccc1C)C(=O)CN(c1ccc(Br)cc1)S(=O)(=O)c1ccccc1. The van der Waals surface area contributed by atoms with Crippen molar-refractivity contribution >= 4 is 43.5 Å². The molecule has 2 amide bonds. The molecular formula is C29H34BrN3O4S. The zero-order valence-electron chi connectivity index (χ0n) is 22.1. The second-order valence-corrected chi connectivity index (χ2v) is 12.1. The van der Waals surface area contributed by atoms with Crippen LogP contribution in [0.25, 0.3) is 0 Å². The standard InChI is InChI=1S/C29H34BrN3O4S/c1-5-27(29(35)31-21(2)3)32(19-23-12-10-9-11-22(23)4)28(34)20-33(25-17-15-24(30)16-18-25)38(36,37)26-13-7-6-8-14-26/h6-18,21,27H,5,19-20H2,1-4H3,(H,31,35)/t27-/m0/s1. The molecule has 0 aliphatic rings. The van der Waals surface area contributed by atoms with Gasteiger partial charge < -0.3 is 10.2 Å². The fourth-order valence-corrected chi connectivity index (χ4v) is 5.83. The van der Waals surface area contributed by atoms with Gasteiger partial charge in [0.05, 0.1) is 10.6 Å². The summed E-state index contributed by atoms with van der Waals surface area (Å²) in [4.78, 5) is 28.8. The Morgan fingerprint density at radius 3 is 2.11 bits per heavy atom. The van der Waals surface area contributed by atoms with Crippen LogP contribution in [-0.2, 0) is 26.2 Å². The lowest BCUT2D eigenvalue weighted by molar-refractivity contribution is -0.140. The predicted molar refractivity (Wildman–Crippen MR) is 154 cm³/mol. The Hall–Kier alpha value is -3.17. The highest BCUT2D eigenvalue weighted by atomic mass is 79.9. The topological polar surface area (TPSA) is 86.8 Å². The van der Waals surface area contributed by atoms with Crippen molar-refractivity contribution in [2.45, 2.75) is 57.6 Å². The van der Waals surface area contributed by atoms with Crippen LogP contribution in [0.15, 0.2) is 88.2 Å². The number of carbonyl (C=O) groups excluding carboxylic acids is 2. The number of sulfonamides is 1. The molecule has 0 aliphatic carbocycles. The summed E-state index contributed by atoms with van der Waals surface area (Å²) in [5.41, 5.74) is 2.21. The molecule has 0 unspecified atom stereocenters. The summed E-state index contributed by atoms with van der Waals surface area (Å²) in [5.74, 6) is -0.744. The van der Waals surface area contributed by atoms with E-state index in [-0.39, 0.29) is 23.4 Å². The van der Waals surface area contributed by atoms with E-state index in [1.54, 1.807) is 42.5 Å². The van der Waals surface area contributed by atoms with E-state index in [0.29, 0.717) is 12.1 Å².